The molecule has 1 saturated carbocycles. The summed E-state index contributed by atoms with van der Waals surface area (Å²) in [5.74, 6) is 0.641. The van der Waals surface area contributed by atoms with Crippen LogP contribution < -0.4 is 5.32 Å². The van der Waals surface area contributed by atoms with Crippen LogP contribution in [-0.2, 0) is 17.5 Å². The summed E-state index contributed by atoms with van der Waals surface area (Å²) < 4.78 is 41.2. The zero-order valence-electron chi connectivity index (χ0n) is 13.8. The Morgan fingerprint density at radius 1 is 1.38 bits per heavy atom. The standard InChI is InChI=1S/C16H16ClF3N4OS/c1-2-24-14(9-6-7-9)22-23-15(24)26-8-12(25)21-13-10(16(18,19)20)4-3-5-11(13)17/h3-5,9H,2,6-8H2,1H3,(H,21,25). The molecule has 0 spiro atoms. The van der Waals surface area contributed by atoms with Crippen LogP contribution in [0.1, 0.15) is 37.1 Å². The van der Waals surface area contributed by atoms with E-state index >= 15 is 0 Å². The van der Waals surface area contributed by atoms with E-state index in [2.05, 4.69) is 15.5 Å². The molecule has 26 heavy (non-hydrogen) atoms. The molecule has 0 saturated heterocycles. The number of hydrogen-bond donors (Lipinski definition) is 1. The van der Waals surface area contributed by atoms with Crippen molar-refractivity contribution in [2.24, 2.45) is 0 Å². The van der Waals surface area contributed by atoms with Gasteiger partial charge in [0, 0.05) is 12.5 Å². The zero-order valence-corrected chi connectivity index (χ0v) is 15.4. The molecule has 1 amide bonds. The van der Waals surface area contributed by atoms with Gasteiger partial charge in [-0.25, -0.2) is 0 Å². The lowest BCUT2D eigenvalue weighted by Gasteiger charge is -2.15. The van der Waals surface area contributed by atoms with Gasteiger partial charge in [0.1, 0.15) is 5.82 Å². The maximum atomic E-state index is 13.1. The van der Waals surface area contributed by atoms with Crippen LogP contribution >= 0.6 is 23.4 Å². The number of halogens is 4. The van der Waals surface area contributed by atoms with E-state index in [1.807, 2.05) is 11.5 Å². The highest BCUT2D eigenvalue weighted by atomic mass is 35.5. The molecule has 1 aliphatic rings. The van der Waals surface area contributed by atoms with Crippen molar-refractivity contribution in [3.05, 3.63) is 34.6 Å². The third-order valence-electron chi connectivity index (χ3n) is 3.92. The van der Waals surface area contributed by atoms with Crippen molar-refractivity contribution in [2.45, 2.75) is 43.6 Å². The van der Waals surface area contributed by atoms with Gasteiger partial charge < -0.3 is 9.88 Å². The highest BCUT2D eigenvalue weighted by Gasteiger charge is 2.35. The van der Waals surface area contributed by atoms with Crippen molar-refractivity contribution in [3.63, 3.8) is 0 Å². The van der Waals surface area contributed by atoms with Gasteiger partial charge >= 0.3 is 6.18 Å². The molecule has 1 aliphatic carbocycles. The van der Waals surface area contributed by atoms with Gasteiger partial charge in [0.2, 0.25) is 5.91 Å². The Balaban J connectivity index is 1.69. The number of nitrogens with one attached hydrogen (secondary N) is 1. The van der Waals surface area contributed by atoms with Crippen LogP contribution in [0.15, 0.2) is 23.4 Å². The molecule has 2 aromatic rings. The van der Waals surface area contributed by atoms with Crippen LogP contribution in [0.25, 0.3) is 0 Å². The number of para-hydroxylation sites is 1. The van der Waals surface area contributed by atoms with Crippen LogP contribution in [-0.4, -0.2) is 26.4 Å². The van der Waals surface area contributed by atoms with Crippen molar-refractivity contribution in [1.29, 1.82) is 0 Å². The predicted molar refractivity (Wildman–Crippen MR) is 93.5 cm³/mol. The second-order valence-electron chi connectivity index (χ2n) is 5.86. The minimum absolute atomic E-state index is 0.0919. The van der Waals surface area contributed by atoms with Gasteiger partial charge in [-0.2, -0.15) is 13.2 Å². The Kier molecular flexibility index (Phi) is 5.47. The van der Waals surface area contributed by atoms with E-state index in [4.69, 9.17) is 11.6 Å². The van der Waals surface area contributed by atoms with Gasteiger partial charge in [0.05, 0.1) is 22.0 Å². The smallest absolute Gasteiger partial charge is 0.324 e. The van der Waals surface area contributed by atoms with Crippen molar-refractivity contribution >= 4 is 35.0 Å². The van der Waals surface area contributed by atoms with E-state index in [0.29, 0.717) is 17.6 Å². The summed E-state index contributed by atoms with van der Waals surface area (Å²) in [7, 11) is 0. The lowest BCUT2D eigenvalue weighted by Crippen LogP contribution is -2.19. The van der Waals surface area contributed by atoms with Gasteiger partial charge in [-0.05, 0) is 31.9 Å². The van der Waals surface area contributed by atoms with Crippen molar-refractivity contribution in [2.75, 3.05) is 11.1 Å². The number of hydrogen-bond acceptors (Lipinski definition) is 4. The number of benzene rings is 1. The molecule has 0 atom stereocenters. The predicted octanol–water partition coefficient (Wildman–Crippen LogP) is 4.58. The first kappa shape index (κ1) is 19.0. The molecule has 1 fully saturated rings. The molecule has 5 nitrogen and oxygen atoms in total. The minimum Gasteiger partial charge on any atom is -0.324 e. The summed E-state index contributed by atoms with van der Waals surface area (Å²) in [5.41, 5.74) is -1.40. The fraction of sp³-hybridized carbons (Fsp3) is 0.438. The van der Waals surface area contributed by atoms with Gasteiger partial charge in [0.15, 0.2) is 5.16 Å². The van der Waals surface area contributed by atoms with Crippen LogP contribution in [0.2, 0.25) is 5.02 Å². The number of carbonyl (C=O) groups excluding carboxylic acids is 1. The SMILES string of the molecule is CCn1c(SCC(=O)Nc2c(Cl)cccc2C(F)(F)F)nnc1C1CC1. The number of nitrogens with zero attached hydrogens (tertiary/aromatic N) is 3. The van der Waals surface area contributed by atoms with Crippen LogP contribution in [0.4, 0.5) is 18.9 Å². The summed E-state index contributed by atoms with van der Waals surface area (Å²) in [6.45, 7) is 2.63. The van der Waals surface area contributed by atoms with E-state index < -0.39 is 23.3 Å². The van der Waals surface area contributed by atoms with E-state index in [0.717, 1.165) is 36.5 Å². The monoisotopic (exact) mass is 404 g/mol. The largest absolute Gasteiger partial charge is 0.418 e. The fourth-order valence-electron chi connectivity index (χ4n) is 2.54. The molecule has 1 N–H and O–H groups in total. The maximum absolute atomic E-state index is 13.1. The Morgan fingerprint density at radius 3 is 2.73 bits per heavy atom. The second-order valence-corrected chi connectivity index (χ2v) is 7.21. The number of carbonyl (C=O) groups is 1. The maximum Gasteiger partial charge on any atom is 0.418 e. The normalized spacial score (nSPS) is 14.5. The summed E-state index contributed by atoms with van der Waals surface area (Å²) in [4.78, 5) is 12.2. The minimum atomic E-state index is -4.61. The first-order chi connectivity index (χ1) is 12.3. The van der Waals surface area contributed by atoms with Crippen LogP contribution in [0.5, 0.6) is 0 Å². The summed E-state index contributed by atoms with van der Waals surface area (Å²) in [5, 5.41) is 10.9. The lowest BCUT2D eigenvalue weighted by atomic mass is 10.1. The molecule has 140 valence electrons. The molecule has 0 bridgehead atoms. The third kappa shape index (κ3) is 4.15. The summed E-state index contributed by atoms with van der Waals surface area (Å²) >= 11 is 6.98. The highest BCUT2D eigenvalue weighted by molar-refractivity contribution is 7.99. The van der Waals surface area contributed by atoms with Crippen molar-refractivity contribution < 1.29 is 18.0 Å². The number of thioether (sulfide) groups is 1. The average molecular weight is 405 g/mol. The molecule has 0 aliphatic heterocycles. The van der Waals surface area contributed by atoms with Gasteiger partial charge in [-0.3, -0.25) is 4.79 Å². The quantitative estimate of drug-likeness (QED) is 0.716. The molecule has 10 heteroatoms. The van der Waals surface area contributed by atoms with Crippen molar-refractivity contribution in [1.82, 2.24) is 14.8 Å². The Bertz CT molecular complexity index is 820. The highest BCUT2D eigenvalue weighted by Crippen LogP contribution is 2.40. The molecule has 1 heterocycles. The summed E-state index contributed by atoms with van der Waals surface area (Å²) in [6.07, 6.45) is -2.45. The average Bonchev–Trinajstić information content (AvgIpc) is 3.33. The number of aromatic nitrogens is 3. The number of amides is 1. The number of anilines is 1. The van der Waals surface area contributed by atoms with Crippen LogP contribution in [0.3, 0.4) is 0 Å². The first-order valence-corrected chi connectivity index (χ1v) is 9.39. The lowest BCUT2D eigenvalue weighted by molar-refractivity contribution is -0.137. The Labute approximate surface area is 157 Å². The molecular weight excluding hydrogens is 389 g/mol. The number of alkyl halides is 3. The van der Waals surface area contributed by atoms with Crippen molar-refractivity contribution in [3.8, 4) is 0 Å². The van der Waals surface area contributed by atoms with Crippen LogP contribution in [0, 0.1) is 0 Å². The van der Waals surface area contributed by atoms with E-state index in [9.17, 15) is 18.0 Å². The molecular formula is C16H16ClF3N4OS. The molecule has 1 aromatic heterocycles. The molecule has 0 unspecified atom stereocenters. The summed E-state index contributed by atoms with van der Waals surface area (Å²) in [6, 6.07) is 3.37. The number of rotatable bonds is 6. The Morgan fingerprint density at radius 2 is 2.12 bits per heavy atom. The van der Waals surface area contributed by atoms with E-state index in [-0.39, 0.29) is 10.8 Å². The van der Waals surface area contributed by atoms with Gasteiger partial charge in [0.25, 0.3) is 0 Å². The first-order valence-electron chi connectivity index (χ1n) is 8.02. The zero-order chi connectivity index (χ0) is 18.9. The second kappa shape index (κ2) is 7.48. The fourth-order valence-corrected chi connectivity index (χ4v) is 3.57. The Hall–Kier alpha value is -1.74. The topological polar surface area (TPSA) is 59.8 Å². The van der Waals surface area contributed by atoms with E-state index in [1.54, 1.807) is 0 Å². The van der Waals surface area contributed by atoms with Gasteiger partial charge in [-0.1, -0.05) is 29.4 Å². The molecule has 0 radical (unpaired) electrons. The molecule has 1 aromatic carbocycles. The van der Waals surface area contributed by atoms with Gasteiger partial charge in [-0.15, -0.1) is 10.2 Å². The molecule has 3 rings (SSSR count). The van der Waals surface area contributed by atoms with E-state index in [1.165, 1.54) is 12.1 Å². The third-order valence-corrected chi connectivity index (χ3v) is 5.20.